The smallest absolute Gasteiger partial charge is 0.183 e. The molecule has 2 aromatic carbocycles. The molecule has 0 bridgehead atoms. The molecule has 0 radical (unpaired) electrons. The third-order valence-electron chi connectivity index (χ3n) is 5.58. The highest BCUT2D eigenvalue weighted by atomic mass is 32.2. The molecule has 0 N–H and O–H groups in total. The van der Waals surface area contributed by atoms with E-state index in [9.17, 15) is 8.42 Å². The molecule has 1 aliphatic heterocycles. The first-order valence-corrected chi connectivity index (χ1v) is 11.0. The average Bonchev–Trinajstić information content (AvgIpc) is 3.12. The maximum absolute atomic E-state index is 12.9. The highest BCUT2D eigenvalue weighted by Crippen LogP contribution is 2.31. The maximum Gasteiger partial charge on any atom is 0.183 e. The van der Waals surface area contributed by atoms with Crippen molar-refractivity contribution in [2.45, 2.75) is 48.7 Å². The summed E-state index contributed by atoms with van der Waals surface area (Å²) >= 11 is 0. The van der Waals surface area contributed by atoms with E-state index in [4.69, 9.17) is 0 Å². The molecule has 1 aliphatic rings. The van der Waals surface area contributed by atoms with Crippen molar-refractivity contribution in [2.24, 2.45) is 0 Å². The van der Waals surface area contributed by atoms with Crippen molar-refractivity contribution in [2.75, 3.05) is 19.6 Å². The molecule has 1 heterocycles. The molecule has 26 heavy (non-hydrogen) atoms. The van der Waals surface area contributed by atoms with E-state index in [1.165, 1.54) is 12.0 Å². The van der Waals surface area contributed by atoms with Crippen LogP contribution in [-0.4, -0.2) is 37.7 Å². The highest BCUT2D eigenvalue weighted by Gasteiger charge is 2.35. The minimum Gasteiger partial charge on any atom is -0.303 e. The third kappa shape index (κ3) is 4.18. The lowest BCUT2D eigenvalue weighted by Gasteiger charge is -2.26. The summed E-state index contributed by atoms with van der Waals surface area (Å²) in [7, 11) is -3.31. The van der Waals surface area contributed by atoms with Crippen LogP contribution in [0.1, 0.15) is 44.6 Å². The Kier molecular flexibility index (Phi) is 5.83. The van der Waals surface area contributed by atoms with E-state index >= 15 is 0 Å². The molecule has 3 nitrogen and oxygen atoms in total. The van der Waals surface area contributed by atoms with Crippen molar-refractivity contribution in [3.63, 3.8) is 0 Å². The number of sulfone groups is 1. The van der Waals surface area contributed by atoms with Crippen LogP contribution in [0.25, 0.3) is 0 Å². The Labute approximate surface area is 158 Å². The van der Waals surface area contributed by atoms with Crippen LogP contribution in [0.5, 0.6) is 0 Å². The zero-order chi connectivity index (χ0) is 18.6. The third-order valence-corrected chi connectivity index (χ3v) is 8.13. The lowest BCUT2D eigenvalue weighted by Crippen LogP contribution is -2.33. The molecule has 1 atom stereocenters. The lowest BCUT2D eigenvalue weighted by atomic mass is 9.99. The highest BCUT2D eigenvalue weighted by molar-refractivity contribution is 7.92. The fourth-order valence-electron chi connectivity index (χ4n) is 3.81. The summed E-state index contributed by atoms with van der Waals surface area (Å²) in [5.74, 6) is 0.609. The van der Waals surface area contributed by atoms with Gasteiger partial charge in [-0.3, -0.25) is 0 Å². The molecule has 2 aromatic rings. The van der Waals surface area contributed by atoms with Gasteiger partial charge in [0.1, 0.15) is 0 Å². The quantitative estimate of drug-likeness (QED) is 0.719. The minimum atomic E-state index is -3.31. The van der Waals surface area contributed by atoms with Gasteiger partial charge in [-0.1, -0.05) is 48.5 Å². The van der Waals surface area contributed by atoms with Crippen LogP contribution in [-0.2, 0) is 9.84 Å². The number of hydrogen-bond donors (Lipinski definition) is 0. The molecular weight excluding hydrogens is 342 g/mol. The van der Waals surface area contributed by atoms with Gasteiger partial charge in [-0.2, -0.15) is 0 Å². The first-order chi connectivity index (χ1) is 12.4. The van der Waals surface area contributed by atoms with Crippen molar-refractivity contribution in [3.8, 4) is 0 Å². The number of nitrogens with zero attached hydrogens (tertiary/aromatic N) is 1. The molecule has 0 saturated carbocycles. The Morgan fingerprint density at radius 2 is 1.62 bits per heavy atom. The number of hydrogen-bond acceptors (Lipinski definition) is 3. The van der Waals surface area contributed by atoms with Crippen LogP contribution in [0.3, 0.4) is 0 Å². The summed E-state index contributed by atoms with van der Waals surface area (Å²) in [6.45, 7) is 6.86. The van der Waals surface area contributed by atoms with Gasteiger partial charge in [0.15, 0.2) is 9.84 Å². The van der Waals surface area contributed by atoms with Gasteiger partial charge >= 0.3 is 0 Å². The van der Waals surface area contributed by atoms with Crippen LogP contribution in [0, 0.1) is 0 Å². The number of likely N-dealkylation sites (tertiary alicyclic amines) is 1. The number of rotatable bonds is 7. The zero-order valence-corrected chi connectivity index (χ0v) is 16.6. The predicted octanol–water partition coefficient (Wildman–Crippen LogP) is 4.51. The second-order valence-corrected chi connectivity index (χ2v) is 10.5. The molecule has 140 valence electrons. The first kappa shape index (κ1) is 19.1. The second-order valence-electron chi connectivity index (χ2n) is 7.88. The standard InChI is InChI=1S/C22H29NO2S/c1-22(2,26(24,25)21-12-7-4-8-13-21)15-9-16-23-17-14-20(18-23)19-10-5-3-6-11-19/h3-8,10-13,20H,9,14-18H2,1-2H3. The van der Waals surface area contributed by atoms with Crippen molar-refractivity contribution >= 4 is 9.84 Å². The Bertz CT molecular complexity index is 801. The normalized spacial score (nSPS) is 18.9. The fraction of sp³-hybridized carbons (Fsp3) is 0.455. The molecule has 1 unspecified atom stereocenters. The predicted molar refractivity (Wildman–Crippen MR) is 107 cm³/mol. The monoisotopic (exact) mass is 371 g/mol. The van der Waals surface area contributed by atoms with Gasteiger partial charge in [0.05, 0.1) is 9.64 Å². The van der Waals surface area contributed by atoms with Crippen LogP contribution >= 0.6 is 0 Å². The van der Waals surface area contributed by atoms with Gasteiger partial charge in [-0.15, -0.1) is 0 Å². The molecule has 4 heteroatoms. The van der Waals surface area contributed by atoms with Crippen LogP contribution < -0.4 is 0 Å². The van der Waals surface area contributed by atoms with Crippen LogP contribution in [0.2, 0.25) is 0 Å². The van der Waals surface area contributed by atoms with E-state index < -0.39 is 14.6 Å². The van der Waals surface area contributed by atoms with Crippen molar-refractivity contribution in [3.05, 3.63) is 66.2 Å². The van der Waals surface area contributed by atoms with Crippen LogP contribution in [0.4, 0.5) is 0 Å². The Morgan fingerprint density at radius 3 is 2.27 bits per heavy atom. The van der Waals surface area contributed by atoms with Crippen molar-refractivity contribution < 1.29 is 8.42 Å². The van der Waals surface area contributed by atoms with Gasteiger partial charge in [-0.05, 0) is 69.8 Å². The van der Waals surface area contributed by atoms with Crippen molar-refractivity contribution in [1.82, 2.24) is 4.90 Å². The SMILES string of the molecule is CC(C)(CCCN1CCC(c2ccccc2)C1)S(=O)(=O)c1ccccc1. The van der Waals surface area contributed by atoms with Crippen LogP contribution in [0.15, 0.2) is 65.6 Å². The summed E-state index contributed by atoms with van der Waals surface area (Å²) in [4.78, 5) is 2.90. The number of benzene rings is 2. The lowest BCUT2D eigenvalue weighted by molar-refractivity contribution is 0.319. The molecular formula is C22H29NO2S. The van der Waals surface area contributed by atoms with E-state index in [2.05, 4.69) is 35.2 Å². The Morgan fingerprint density at radius 1 is 1.00 bits per heavy atom. The summed E-state index contributed by atoms with van der Waals surface area (Å²) in [6.07, 6.45) is 2.77. The molecule has 0 aliphatic carbocycles. The van der Waals surface area contributed by atoms with Crippen molar-refractivity contribution in [1.29, 1.82) is 0 Å². The molecule has 0 spiro atoms. The van der Waals surface area contributed by atoms with Gasteiger partial charge in [0.2, 0.25) is 0 Å². The molecule has 0 amide bonds. The first-order valence-electron chi connectivity index (χ1n) is 9.47. The van der Waals surface area contributed by atoms with Gasteiger partial charge in [0.25, 0.3) is 0 Å². The van der Waals surface area contributed by atoms with Gasteiger partial charge in [0, 0.05) is 6.54 Å². The van der Waals surface area contributed by atoms with E-state index in [1.807, 2.05) is 19.9 Å². The fourth-order valence-corrected chi connectivity index (χ4v) is 5.38. The minimum absolute atomic E-state index is 0.426. The molecule has 3 rings (SSSR count). The van der Waals surface area contributed by atoms with E-state index in [0.29, 0.717) is 17.2 Å². The summed E-state index contributed by atoms with van der Waals surface area (Å²) in [6, 6.07) is 19.5. The molecule has 1 saturated heterocycles. The maximum atomic E-state index is 12.9. The Hall–Kier alpha value is -1.65. The Balaban J connectivity index is 1.53. The van der Waals surface area contributed by atoms with E-state index in [-0.39, 0.29) is 0 Å². The average molecular weight is 372 g/mol. The second kappa shape index (κ2) is 7.93. The summed E-state index contributed by atoms with van der Waals surface area (Å²) in [5.41, 5.74) is 1.42. The van der Waals surface area contributed by atoms with Gasteiger partial charge < -0.3 is 4.90 Å². The van der Waals surface area contributed by atoms with E-state index in [1.54, 1.807) is 24.3 Å². The van der Waals surface area contributed by atoms with E-state index in [0.717, 1.165) is 26.1 Å². The van der Waals surface area contributed by atoms with Gasteiger partial charge in [-0.25, -0.2) is 8.42 Å². The summed E-state index contributed by atoms with van der Waals surface area (Å²) in [5, 5.41) is 0. The zero-order valence-electron chi connectivity index (χ0n) is 15.8. The largest absolute Gasteiger partial charge is 0.303 e. The molecule has 1 fully saturated rings. The topological polar surface area (TPSA) is 37.4 Å². The summed E-state index contributed by atoms with van der Waals surface area (Å²) < 4.78 is 25.1. The molecule has 0 aromatic heterocycles.